The standard InChI is InChI=1S/C66H66N2O4P2.2CHCl3.2NO3/c1-5-9-29-47(7-3)45-67-63(69)55-43-58(74(52-37-23-14-24-38-52,53-39-25-15-26-40-53)54-41-27-16-28-42-54)62-60-56(64(70)68(66(62)72)46-48(8-4)30-10-6-2)44-57(61(59(55)60)65(67)71)73(49-31-17-11-18-32-49,50-33-19-12-20-34-50)51-35-21-13-22-36-51;4*2-1(3)4/h11-28,31-44,47-48H,5-10,29-30,45-46H2,1-4H3;2*1H;;/q+2;;;2*-1/t47-,48+;;;;. The summed E-state index contributed by atoms with van der Waals surface area (Å²) in [5.41, 5.74) is 1.50. The van der Waals surface area contributed by atoms with Gasteiger partial charge in [0.15, 0.2) is 8.59 Å². The summed E-state index contributed by atoms with van der Waals surface area (Å²) in [7, 11) is -6.26. The van der Waals surface area contributed by atoms with Gasteiger partial charge in [0.25, 0.3) is 23.6 Å². The van der Waals surface area contributed by atoms with E-state index in [2.05, 4.69) is 100 Å². The number of hydrogen-bond acceptors (Lipinski definition) is 10. The Balaban J connectivity index is 0.000000723. The van der Waals surface area contributed by atoms with E-state index in [-0.39, 0.29) is 36.7 Å². The van der Waals surface area contributed by atoms with Crippen molar-refractivity contribution in [1.29, 1.82) is 0 Å². The Morgan fingerprint density at radius 2 is 0.600 bits per heavy atom. The molecule has 0 aromatic heterocycles. The average Bonchev–Trinajstić information content (AvgIpc) is 0.694. The van der Waals surface area contributed by atoms with Crippen LogP contribution in [0.1, 0.15) is 120 Å². The Morgan fingerprint density at radius 3 is 0.789 bits per heavy atom. The molecular formula is C68H68Cl6N4O10P2. The van der Waals surface area contributed by atoms with Gasteiger partial charge in [-0.05, 0) is 110 Å². The third-order valence-electron chi connectivity index (χ3n) is 15.8. The number of carbonyl (C=O) groups excluding carboxylic acids is 4. The van der Waals surface area contributed by atoms with Gasteiger partial charge in [-0.3, -0.25) is 29.0 Å². The molecule has 2 aliphatic heterocycles. The summed E-state index contributed by atoms with van der Waals surface area (Å²) in [4.78, 5) is 84.8. The van der Waals surface area contributed by atoms with Crippen molar-refractivity contribution < 1.29 is 29.4 Å². The van der Waals surface area contributed by atoms with Crippen LogP contribution in [-0.2, 0) is 0 Å². The molecule has 472 valence electrons. The molecule has 0 saturated carbocycles. The first-order valence-corrected chi connectivity index (χ1v) is 35.4. The molecule has 22 heteroatoms. The smallest absolute Gasteiger partial charge is 0.265 e. The average molecular weight is 1380 g/mol. The van der Waals surface area contributed by atoms with E-state index in [4.69, 9.17) is 100 Å². The largest absolute Gasteiger partial charge is 0.356 e. The molecule has 0 spiro atoms. The molecule has 0 fully saturated rings. The highest BCUT2D eigenvalue weighted by molar-refractivity contribution is 8.02. The topological polar surface area (TPSA) is 207 Å². The lowest BCUT2D eigenvalue weighted by Gasteiger charge is -2.38. The summed E-state index contributed by atoms with van der Waals surface area (Å²) in [5.74, 6) is -1.41. The van der Waals surface area contributed by atoms with Crippen LogP contribution in [-0.4, -0.2) is 65.3 Å². The maximum Gasteiger partial charge on any atom is 0.265 e. The Bertz CT molecular complexity index is 3250. The summed E-state index contributed by atoms with van der Waals surface area (Å²) in [6.07, 6.45) is 7.29. The maximum absolute atomic E-state index is 16.4. The second kappa shape index (κ2) is 34.6. The molecule has 14 nitrogen and oxygen atoms in total. The third kappa shape index (κ3) is 16.7. The second-order valence-electron chi connectivity index (χ2n) is 21.0. The molecular weight excluding hydrogens is 1310 g/mol. The molecule has 2 aliphatic rings. The number of amides is 4. The van der Waals surface area contributed by atoms with Crippen molar-refractivity contribution >= 4 is 161 Å². The van der Waals surface area contributed by atoms with E-state index in [9.17, 15) is 0 Å². The zero-order valence-electron chi connectivity index (χ0n) is 49.9. The van der Waals surface area contributed by atoms with E-state index in [1.54, 1.807) is 0 Å². The first-order valence-electron chi connectivity index (χ1n) is 29.2. The van der Waals surface area contributed by atoms with Gasteiger partial charge in [-0.15, -0.1) is 0 Å². The molecule has 90 heavy (non-hydrogen) atoms. The molecule has 0 unspecified atom stereocenters. The first kappa shape index (κ1) is 72.4. The molecule has 0 radical (unpaired) electrons. The molecule has 2 atom stereocenters. The van der Waals surface area contributed by atoms with E-state index in [0.717, 1.165) is 83.2 Å². The quantitative estimate of drug-likeness (QED) is 0.0232. The molecule has 8 aromatic carbocycles. The van der Waals surface area contributed by atoms with Crippen LogP contribution in [0.3, 0.4) is 0 Å². The highest BCUT2D eigenvalue weighted by atomic mass is 35.6. The van der Waals surface area contributed by atoms with Crippen LogP contribution in [0.5, 0.6) is 0 Å². The predicted molar refractivity (Wildman–Crippen MR) is 374 cm³/mol. The van der Waals surface area contributed by atoms with Gasteiger partial charge in [-0.2, -0.15) is 0 Å². The van der Waals surface area contributed by atoms with Gasteiger partial charge in [-0.1, -0.05) is 245 Å². The van der Waals surface area contributed by atoms with Crippen molar-refractivity contribution in [1.82, 2.24) is 9.80 Å². The van der Waals surface area contributed by atoms with Crippen LogP contribution in [0, 0.1) is 42.5 Å². The van der Waals surface area contributed by atoms with Crippen molar-refractivity contribution in [3.63, 3.8) is 0 Å². The number of carbonyl (C=O) groups is 4. The fourth-order valence-electron chi connectivity index (χ4n) is 12.0. The minimum absolute atomic E-state index is 0.0673. The number of rotatable bonds is 20. The van der Waals surface area contributed by atoms with Crippen molar-refractivity contribution in [3.8, 4) is 0 Å². The molecule has 4 amide bonds. The summed E-state index contributed by atoms with van der Waals surface area (Å²) in [6, 6.07) is 66.5. The molecule has 8 aromatic rings. The Morgan fingerprint density at radius 1 is 0.389 bits per heavy atom. The highest BCUT2D eigenvalue weighted by Crippen LogP contribution is 2.60. The van der Waals surface area contributed by atoms with Crippen LogP contribution in [0.25, 0.3) is 10.8 Å². The molecule has 0 saturated heterocycles. The van der Waals surface area contributed by atoms with Crippen LogP contribution in [0.2, 0.25) is 0 Å². The third-order valence-corrected chi connectivity index (χ3v) is 24.4. The lowest BCUT2D eigenvalue weighted by Crippen LogP contribution is -2.52. The van der Waals surface area contributed by atoms with Crippen molar-refractivity contribution in [2.45, 2.75) is 87.7 Å². The molecule has 2 heterocycles. The summed E-state index contributed by atoms with van der Waals surface area (Å²) in [5, 5.41) is 37.8. The van der Waals surface area contributed by atoms with Crippen LogP contribution >= 0.6 is 84.1 Å². The monoisotopic (exact) mass is 1370 g/mol. The number of benzene rings is 8. The highest BCUT2D eigenvalue weighted by Gasteiger charge is 2.58. The maximum atomic E-state index is 16.4. The zero-order valence-corrected chi connectivity index (χ0v) is 56.2. The minimum atomic E-state index is -3.13. The van der Waals surface area contributed by atoms with Crippen molar-refractivity contribution in [3.05, 3.63) is 247 Å². The molecule has 0 N–H and O–H groups in total. The fraction of sp³-hybridized carbons (Fsp3) is 0.265. The van der Waals surface area contributed by atoms with Gasteiger partial charge in [0, 0.05) is 23.9 Å². The van der Waals surface area contributed by atoms with Crippen molar-refractivity contribution in [2.24, 2.45) is 11.8 Å². The lowest BCUT2D eigenvalue weighted by molar-refractivity contribution is -0.403. The van der Waals surface area contributed by atoms with Gasteiger partial charge >= 0.3 is 0 Å². The summed E-state index contributed by atoms with van der Waals surface area (Å²) < 4.78 is -1.50. The number of imide groups is 2. The number of alkyl halides is 6. The minimum Gasteiger partial charge on any atom is -0.356 e. The van der Waals surface area contributed by atoms with E-state index < -0.39 is 45.1 Å². The zero-order chi connectivity index (χ0) is 65.7. The Kier molecular flexibility index (Phi) is 27.9. The van der Waals surface area contributed by atoms with E-state index in [1.807, 2.05) is 121 Å². The number of hydrogen-bond donors (Lipinski definition) is 0. The van der Waals surface area contributed by atoms with Gasteiger partial charge < -0.3 is 30.6 Å². The van der Waals surface area contributed by atoms with E-state index >= 15 is 19.2 Å². The second-order valence-corrected chi connectivity index (χ2v) is 31.7. The van der Waals surface area contributed by atoms with Crippen LogP contribution in [0.15, 0.2) is 194 Å². The SMILES string of the molecule is CCCC[C@@H](CC)CN1C(=O)c2cc([P+](c3ccccc3)(c3ccccc3)c3ccccc3)c3c4c(cc([P+](c5ccccc5)(c5ccccc5)c5ccccc5)c(c24)C1=O)C(=O)N(C[C@@H](CC)CCCC)C3=O.ClC(Cl)Cl.ClC(Cl)Cl.O=[N+]([O-])[O-].O=[N+]([O-])[O-]. The molecule has 0 aliphatic carbocycles. The van der Waals surface area contributed by atoms with Gasteiger partial charge in [0.2, 0.25) is 0 Å². The summed E-state index contributed by atoms with van der Waals surface area (Å²) in [6.45, 7) is 9.13. The van der Waals surface area contributed by atoms with E-state index in [1.165, 1.54) is 9.80 Å². The van der Waals surface area contributed by atoms with Crippen molar-refractivity contribution in [2.75, 3.05) is 13.1 Å². The molecule has 10 rings (SSSR count). The summed E-state index contributed by atoms with van der Waals surface area (Å²) >= 11 is 28.8. The lowest BCUT2D eigenvalue weighted by atomic mass is 9.84. The normalized spacial score (nSPS) is 13.2. The number of unbranched alkanes of at least 4 members (excludes halogenated alkanes) is 2. The number of nitrogens with zero attached hydrogens (tertiary/aromatic N) is 4. The Hall–Kier alpha value is -6.70. The van der Waals surface area contributed by atoms with Crippen LogP contribution < -0.4 is 42.4 Å². The van der Waals surface area contributed by atoms with E-state index in [0.29, 0.717) is 43.6 Å². The van der Waals surface area contributed by atoms with Crippen LogP contribution in [0.4, 0.5) is 0 Å². The Labute approximate surface area is 555 Å². The molecule has 0 bridgehead atoms. The fourth-order valence-corrected chi connectivity index (χ4v) is 20.9. The van der Waals surface area contributed by atoms with Gasteiger partial charge in [0.05, 0.1) is 32.4 Å². The predicted octanol–water partition coefficient (Wildman–Crippen LogP) is 15.2. The van der Waals surface area contributed by atoms with Gasteiger partial charge in [-0.25, -0.2) is 0 Å². The number of halogens is 6. The first-order chi connectivity index (χ1) is 43.2. The van der Waals surface area contributed by atoms with Gasteiger partial charge in [0.1, 0.15) is 57.0 Å².